The molecule has 1 aliphatic rings. The first kappa shape index (κ1) is 13.0. The van der Waals surface area contributed by atoms with Crippen molar-refractivity contribution in [1.82, 2.24) is 10.2 Å². The number of nitrogens with one attached hydrogen (secondary N) is 1. The highest BCUT2D eigenvalue weighted by molar-refractivity contribution is 4.83. The van der Waals surface area contributed by atoms with Gasteiger partial charge in [-0.15, -0.1) is 0 Å². The molecule has 0 aromatic heterocycles. The van der Waals surface area contributed by atoms with E-state index in [2.05, 4.69) is 31.1 Å². The lowest BCUT2D eigenvalue weighted by Crippen LogP contribution is -2.46. The van der Waals surface area contributed by atoms with Crippen LogP contribution in [0.3, 0.4) is 0 Å². The molecule has 0 radical (unpaired) electrons. The van der Waals surface area contributed by atoms with Gasteiger partial charge in [0.15, 0.2) is 0 Å². The van der Waals surface area contributed by atoms with E-state index in [1.165, 1.54) is 45.1 Å². The van der Waals surface area contributed by atoms with Crippen LogP contribution in [0.2, 0.25) is 0 Å². The first-order chi connectivity index (χ1) is 7.33. The van der Waals surface area contributed by atoms with E-state index in [4.69, 9.17) is 0 Å². The van der Waals surface area contributed by atoms with Crippen LogP contribution in [-0.2, 0) is 0 Å². The van der Waals surface area contributed by atoms with Crippen LogP contribution in [0.25, 0.3) is 0 Å². The number of hydrogen-bond donors (Lipinski definition) is 1. The van der Waals surface area contributed by atoms with Crippen molar-refractivity contribution in [1.29, 1.82) is 0 Å². The second-order valence-corrected chi connectivity index (χ2v) is 4.77. The highest BCUT2D eigenvalue weighted by Gasteiger charge is 2.26. The van der Waals surface area contributed by atoms with Crippen molar-refractivity contribution in [2.24, 2.45) is 0 Å². The van der Waals surface area contributed by atoms with Crippen molar-refractivity contribution in [3.05, 3.63) is 0 Å². The third kappa shape index (κ3) is 3.76. The van der Waals surface area contributed by atoms with Gasteiger partial charge in [-0.25, -0.2) is 0 Å². The summed E-state index contributed by atoms with van der Waals surface area (Å²) in [5, 5.41) is 3.35. The van der Waals surface area contributed by atoms with Crippen LogP contribution in [0, 0.1) is 0 Å². The lowest BCUT2D eigenvalue weighted by Gasteiger charge is -2.35. The molecule has 1 N–H and O–H groups in total. The molecule has 2 heteroatoms. The summed E-state index contributed by atoms with van der Waals surface area (Å²) in [4.78, 5) is 2.74. The molecule has 2 nitrogen and oxygen atoms in total. The van der Waals surface area contributed by atoms with Crippen LogP contribution < -0.4 is 5.32 Å². The predicted molar refractivity (Wildman–Crippen MR) is 67.3 cm³/mol. The summed E-state index contributed by atoms with van der Waals surface area (Å²) in [5.41, 5.74) is 0. The molecular formula is C13H28N2. The fraction of sp³-hybridized carbons (Fsp3) is 1.00. The maximum absolute atomic E-state index is 3.35. The Morgan fingerprint density at radius 3 is 2.40 bits per heavy atom. The van der Waals surface area contributed by atoms with Crippen molar-refractivity contribution in [2.45, 2.75) is 64.5 Å². The molecule has 1 rings (SSSR count). The maximum Gasteiger partial charge on any atom is 0.0223 e. The van der Waals surface area contributed by atoms with Crippen molar-refractivity contribution in [3.63, 3.8) is 0 Å². The van der Waals surface area contributed by atoms with Crippen molar-refractivity contribution >= 4 is 0 Å². The summed E-state index contributed by atoms with van der Waals surface area (Å²) in [6, 6.07) is 1.63. The summed E-state index contributed by atoms with van der Waals surface area (Å²) < 4.78 is 0. The van der Waals surface area contributed by atoms with Crippen LogP contribution in [-0.4, -0.2) is 37.1 Å². The SMILES string of the molecule is CCCC(CNC)N(CC)C1CCCC1. The highest BCUT2D eigenvalue weighted by Crippen LogP contribution is 2.25. The Hall–Kier alpha value is -0.0800. The van der Waals surface area contributed by atoms with Crippen LogP contribution in [0.5, 0.6) is 0 Å². The lowest BCUT2D eigenvalue weighted by atomic mass is 10.1. The van der Waals surface area contributed by atoms with Gasteiger partial charge < -0.3 is 5.32 Å². The number of rotatable bonds is 7. The van der Waals surface area contributed by atoms with E-state index in [9.17, 15) is 0 Å². The van der Waals surface area contributed by atoms with Crippen LogP contribution in [0.1, 0.15) is 52.4 Å². The second-order valence-electron chi connectivity index (χ2n) is 4.77. The molecule has 0 aromatic carbocycles. The Kier molecular flexibility index (Phi) is 6.26. The van der Waals surface area contributed by atoms with Crippen molar-refractivity contribution in [3.8, 4) is 0 Å². The van der Waals surface area contributed by atoms with E-state index < -0.39 is 0 Å². The van der Waals surface area contributed by atoms with E-state index in [1.54, 1.807) is 0 Å². The van der Waals surface area contributed by atoms with Crippen LogP contribution in [0.15, 0.2) is 0 Å². The third-order valence-electron chi connectivity index (χ3n) is 3.69. The molecule has 1 fully saturated rings. The minimum atomic E-state index is 0.757. The molecule has 0 amide bonds. The zero-order chi connectivity index (χ0) is 11.1. The zero-order valence-corrected chi connectivity index (χ0v) is 10.8. The second kappa shape index (κ2) is 7.24. The third-order valence-corrected chi connectivity index (χ3v) is 3.69. The number of hydrogen-bond acceptors (Lipinski definition) is 2. The fourth-order valence-corrected chi connectivity index (χ4v) is 3.00. The van der Waals surface area contributed by atoms with Crippen molar-refractivity contribution in [2.75, 3.05) is 20.1 Å². The van der Waals surface area contributed by atoms with E-state index in [0.29, 0.717) is 0 Å². The molecule has 0 spiro atoms. The average molecular weight is 212 g/mol. The minimum Gasteiger partial charge on any atom is -0.318 e. The van der Waals surface area contributed by atoms with Crippen LogP contribution >= 0.6 is 0 Å². The largest absolute Gasteiger partial charge is 0.318 e. The molecule has 90 valence electrons. The maximum atomic E-state index is 3.35. The van der Waals surface area contributed by atoms with Gasteiger partial charge in [-0.3, -0.25) is 4.90 Å². The molecular weight excluding hydrogens is 184 g/mol. The van der Waals surface area contributed by atoms with E-state index >= 15 is 0 Å². The molecule has 0 aromatic rings. The van der Waals surface area contributed by atoms with Gasteiger partial charge in [0.2, 0.25) is 0 Å². The van der Waals surface area contributed by atoms with Gasteiger partial charge in [-0.2, -0.15) is 0 Å². The highest BCUT2D eigenvalue weighted by atomic mass is 15.2. The molecule has 0 saturated heterocycles. The Labute approximate surface area is 95.4 Å². The van der Waals surface area contributed by atoms with Gasteiger partial charge in [0.25, 0.3) is 0 Å². The Bertz CT molecular complexity index is 147. The molecule has 0 aliphatic heterocycles. The summed E-state index contributed by atoms with van der Waals surface area (Å²) >= 11 is 0. The average Bonchev–Trinajstić information content (AvgIpc) is 2.73. The lowest BCUT2D eigenvalue weighted by molar-refractivity contribution is 0.134. The molecule has 1 saturated carbocycles. The first-order valence-electron chi connectivity index (χ1n) is 6.73. The molecule has 1 unspecified atom stereocenters. The molecule has 0 heterocycles. The molecule has 1 atom stereocenters. The summed E-state index contributed by atoms with van der Waals surface area (Å²) in [5.74, 6) is 0. The van der Waals surface area contributed by atoms with Crippen LogP contribution in [0.4, 0.5) is 0 Å². The molecule has 0 bridgehead atoms. The summed E-state index contributed by atoms with van der Waals surface area (Å²) in [7, 11) is 2.07. The van der Waals surface area contributed by atoms with E-state index in [-0.39, 0.29) is 0 Å². The normalized spacial score (nSPS) is 20.0. The van der Waals surface area contributed by atoms with Gasteiger partial charge in [0, 0.05) is 18.6 Å². The number of nitrogens with zero attached hydrogens (tertiary/aromatic N) is 1. The van der Waals surface area contributed by atoms with Gasteiger partial charge in [-0.1, -0.05) is 33.1 Å². The molecule has 1 aliphatic carbocycles. The summed E-state index contributed by atoms with van der Waals surface area (Å²) in [6.45, 7) is 6.98. The fourth-order valence-electron chi connectivity index (χ4n) is 3.00. The Balaban J connectivity index is 2.50. The molecule has 15 heavy (non-hydrogen) atoms. The van der Waals surface area contributed by atoms with Gasteiger partial charge in [-0.05, 0) is 32.9 Å². The van der Waals surface area contributed by atoms with Gasteiger partial charge >= 0.3 is 0 Å². The smallest absolute Gasteiger partial charge is 0.0223 e. The Morgan fingerprint density at radius 2 is 1.93 bits per heavy atom. The zero-order valence-electron chi connectivity index (χ0n) is 10.8. The van der Waals surface area contributed by atoms with E-state index in [1.807, 2.05) is 0 Å². The predicted octanol–water partition coefficient (Wildman–Crippen LogP) is 2.64. The van der Waals surface area contributed by atoms with Crippen molar-refractivity contribution < 1.29 is 0 Å². The van der Waals surface area contributed by atoms with Gasteiger partial charge in [0.1, 0.15) is 0 Å². The van der Waals surface area contributed by atoms with Gasteiger partial charge in [0.05, 0.1) is 0 Å². The topological polar surface area (TPSA) is 15.3 Å². The quantitative estimate of drug-likeness (QED) is 0.698. The minimum absolute atomic E-state index is 0.757. The monoisotopic (exact) mass is 212 g/mol. The standard InChI is InChI=1S/C13H28N2/c1-4-8-13(11-14-3)15(5-2)12-9-6-7-10-12/h12-14H,4-11H2,1-3H3. The first-order valence-corrected chi connectivity index (χ1v) is 6.73. The summed E-state index contributed by atoms with van der Waals surface area (Å²) in [6.07, 6.45) is 8.38. The Morgan fingerprint density at radius 1 is 1.27 bits per heavy atom. The number of likely N-dealkylation sites (N-methyl/N-ethyl adjacent to an activating group) is 2. The van der Waals surface area contributed by atoms with E-state index in [0.717, 1.165) is 18.6 Å².